The van der Waals surface area contributed by atoms with Crippen molar-refractivity contribution in [2.75, 3.05) is 12.0 Å². The Morgan fingerprint density at radius 2 is 2.21 bits per heavy atom. The molecule has 1 unspecified atom stereocenters. The summed E-state index contributed by atoms with van der Waals surface area (Å²) in [7, 11) is 0. The van der Waals surface area contributed by atoms with Crippen molar-refractivity contribution in [3.8, 4) is 0 Å². The number of ketones is 1. The Bertz CT molecular complexity index is 864. The van der Waals surface area contributed by atoms with Crippen LogP contribution in [-0.2, 0) is 9.59 Å². The summed E-state index contributed by atoms with van der Waals surface area (Å²) in [5.41, 5.74) is 6.36. The third-order valence-corrected chi connectivity index (χ3v) is 4.25. The van der Waals surface area contributed by atoms with E-state index in [0.29, 0.717) is 12.5 Å². The summed E-state index contributed by atoms with van der Waals surface area (Å²) in [6.45, 7) is 1.99. The molecule has 0 saturated heterocycles. The molecular weight excluding hydrogens is 304 g/mol. The van der Waals surface area contributed by atoms with Gasteiger partial charge in [0.1, 0.15) is 6.67 Å². The van der Waals surface area contributed by atoms with Crippen LogP contribution in [0.25, 0.3) is 5.57 Å². The Labute approximate surface area is 139 Å². The average molecular weight is 320 g/mol. The molecule has 1 atom stereocenters. The van der Waals surface area contributed by atoms with Crippen LogP contribution < -0.4 is 10.7 Å². The van der Waals surface area contributed by atoms with Crippen LogP contribution in [0.15, 0.2) is 59.2 Å². The summed E-state index contributed by atoms with van der Waals surface area (Å²) < 4.78 is 0. The van der Waals surface area contributed by atoms with Crippen LogP contribution in [0.5, 0.6) is 0 Å². The smallest absolute Gasteiger partial charge is 0.223 e. The number of amidine groups is 1. The first-order chi connectivity index (χ1) is 11.6. The standard InChI is InChI=1S/C18H16N4O2/c1-11(23)20-15-7-3-2-5-13(15)12-6-4-8-16-14(12)9-17(24)18-21-19-10-22(16)18/h2-9,16,19H,10H2,1H3,(H,20,23). The van der Waals surface area contributed by atoms with Gasteiger partial charge < -0.3 is 10.2 Å². The summed E-state index contributed by atoms with van der Waals surface area (Å²) in [4.78, 5) is 25.8. The fourth-order valence-electron chi connectivity index (χ4n) is 3.27. The lowest BCUT2D eigenvalue weighted by Crippen LogP contribution is -2.46. The Kier molecular flexibility index (Phi) is 3.30. The number of fused-ring (bicyclic) bond motifs is 3. The third kappa shape index (κ3) is 2.23. The number of allylic oxidation sites excluding steroid dienone is 2. The van der Waals surface area contributed by atoms with E-state index in [1.165, 1.54) is 6.92 Å². The summed E-state index contributed by atoms with van der Waals surface area (Å²) >= 11 is 0. The Balaban J connectivity index is 1.80. The summed E-state index contributed by atoms with van der Waals surface area (Å²) in [6.07, 6.45) is 7.65. The Morgan fingerprint density at radius 3 is 3.04 bits per heavy atom. The van der Waals surface area contributed by atoms with Gasteiger partial charge in [-0.2, -0.15) is 5.10 Å². The maximum absolute atomic E-state index is 12.4. The number of amides is 1. The molecule has 1 aromatic rings. The van der Waals surface area contributed by atoms with E-state index in [9.17, 15) is 9.59 Å². The van der Waals surface area contributed by atoms with E-state index in [1.54, 1.807) is 6.08 Å². The quantitative estimate of drug-likeness (QED) is 0.869. The maximum Gasteiger partial charge on any atom is 0.223 e. The number of benzene rings is 1. The molecule has 2 heterocycles. The number of para-hydroxylation sites is 1. The van der Waals surface area contributed by atoms with E-state index in [4.69, 9.17) is 0 Å². The zero-order valence-corrected chi connectivity index (χ0v) is 13.1. The minimum Gasteiger partial charge on any atom is -0.326 e. The van der Waals surface area contributed by atoms with Gasteiger partial charge in [0.15, 0.2) is 5.84 Å². The summed E-state index contributed by atoms with van der Waals surface area (Å²) in [5, 5.41) is 6.93. The van der Waals surface area contributed by atoms with Crippen LogP contribution in [0.1, 0.15) is 12.5 Å². The first-order valence-corrected chi connectivity index (χ1v) is 7.74. The van der Waals surface area contributed by atoms with Crippen molar-refractivity contribution in [2.45, 2.75) is 13.0 Å². The van der Waals surface area contributed by atoms with E-state index in [-0.39, 0.29) is 17.7 Å². The highest BCUT2D eigenvalue weighted by molar-refractivity contribution is 6.44. The molecule has 1 aliphatic carbocycles. The van der Waals surface area contributed by atoms with Crippen molar-refractivity contribution in [3.63, 3.8) is 0 Å². The predicted molar refractivity (Wildman–Crippen MR) is 92.0 cm³/mol. The van der Waals surface area contributed by atoms with Gasteiger partial charge in [-0.3, -0.25) is 15.0 Å². The van der Waals surface area contributed by atoms with Gasteiger partial charge in [0, 0.05) is 18.2 Å². The molecule has 4 rings (SSSR count). The largest absolute Gasteiger partial charge is 0.326 e. The molecule has 3 aliphatic rings. The third-order valence-electron chi connectivity index (χ3n) is 4.25. The molecule has 6 nitrogen and oxygen atoms in total. The minimum absolute atomic E-state index is 0.0400. The first-order valence-electron chi connectivity index (χ1n) is 7.74. The van der Waals surface area contributed by atoms with Crippen molar-refractivity contribution in [2.24, 2.45) is 5.10 Å². The van der Waals surface area contributed by atoms with Gasteiger partial charge in [0.05, 0.1) is 6.04 Å². The molecular formula is C18H16N4O2. The predicted octanol–water partition coefficient (Wildman–Crippen LogP) is 1.65. The second-order valence-corrected chi connectivity index (χ2v) is 5.82. The molecule has 0 bridgehead atoms. The topological polar surface area (TPSA) is 73.8 Å². The molecule has 6 heteroatoms. The van der Waals surface area contributed by atoms with E-state index < -0.39 is 0 Å². The van der Waals surface area contributed by atoms with Crippen LogP contribution in [0.4, 0.5) is 5.69 Å². The van der Waals surface area contributed by atoms with Crippen molar-refractivity contribution >= 4 is 28.8 Å². The first kappa shape index (κ1) is 14.4. The van der Waals surface area contributed by atoms with Crippen molar-refractivity contribution in [1.29, 1.82) is 0 Å². The van der Waals surface area contributed by atoms with E-state index in [2.05, 4.69) is 15.8 Å². The second-order valence-electron chi connectivity index (χ2n) is 5.82. The van der Waals surface area contributed by atoms with E-state index in [0.717, 1.165) is 22.4 Å². The maximum atomic E-state index is 12.4. The molecule has 0 spiro atoms. The van der Waals surface area contributed by atoms with Gasteiger partial charge in [-0.15, -0.1) is 0 Å². The molecule has 1 aromatic carbocycles. The lowest BCUT2D eigenvalue weighted by Gasteiger charge is -2.35. The molecule has 1 amide bonds. The zero-order valence-electron chi connectivity index (χ0n) is 13.1. The number of nitrogens with one attached hydrogen (secondary N) is 2. The number of nitrogens with zero attached hydrogens (tertiary/aromatic N) is 2. The van der Waals surface area contributed by atoms with Crippen LogP contribution in [0, 0.1) is 0 Å². The van der Waals surface area contributed by atoms with Gasteiger partial charge in [-0.1, -0.05) is 36.4 Å². The van der Waals surface area contributed by atoms with Crippen LogP contribution in [-0.4, -0.2) is 35.1 Å². The number of hydrazone groups is 1. The number of carbonyl (C=O) groups excluding carboxylic acids is 2. The molecule has 120 valence electrons. The van der Waals surface area contributed by atoms with Gasteiger partial charge in [0.2, 0.25) is 11.7 Å². The summed E-state index contributed by atoms with van der Waals surface area (Å²) in [5.74, 6) is 0.215. The highest BCUT2D eigenvalue weighted by Gasteiger charge is 2.37. The lowest BCUT2D eigenvalue weighted by molar-refractivity contribution is -0.114. The minimum atomic E-state index is -0.127. The van der Waals surface area contributed by atoms with Crippen LogP contribution >= 0.6 is 0 Å². The monoisotopic (exact) mass is 320 g/mol. The van der Waals surface area contributed by atoms with Crippen LogP contribution in [0.2, 0.25) is 0 Å². The fraction of sp³-hybridized carbons (Fsp3) is 0.167. The van der Waals surface area contributed by atoms with Crippen molar-refractivity contribution < 1.29 is 9.59 Å². The van der Waals surface area contributed by atoms with Gasteiger partial charge in [0.25, 0.3) is 0 Å². The Morgan fingerprint density at radius 1 is 1.38 bits per heavy atom. The lowest BCUT2D eigenvalue weighted by atomic mass is 9.84. The highest BCUT2D eigenvalue weighted by atomic mass is 16.1. The van der Waals surface area contributed by atoms with Gasteiger partial charge in [-0.05, 0) is 23.3 Å². The molecule has 0 radical (unpaired) electrons. The average Bonchev–Trinajstić information content (AvgIpc) is 3.05. The van der Waals surface area contributed by atoms with Crippen molar-refractivity contribution in [1.82, 2.24) is 10.3 Å². The van der Waals surface area contributed by atoms with E-state index in [1.807, 2.05) is 47.4 Å². The number of hydrogen-bond donors (Lipinski definition) is 2. The zero-order chi connectivity index (χ0) is 16.7. The normalized spacial score (nSPS) is 21.2. The van der Waals surface area contributed by atoms with Gasteiger partial charge >= 0.3 is 0 Å². The molecule has 2 N–H and O–H groups in total. The summed E-state index contributed by atoms with van der Waals surface area (Å²) in [6, 6.07) is 7.57. The number of hydrogen-bond acceptors (Lipinski definition) is 5. The molecule has 2 aliphatic heterocycles. The van der Waals surface area contributed by atoms with Crippen molar-refractivity contribution in [3.05, 3.63) is 59.7 Å². The highest BCUT2D eigenvalue weighted by Crippen LogP contribution is 2.37. The van der Waals surface area contributed by atoms with Crippen LogP contribution in [0.3, 0.4) is 0 Å². The number of carbonyl (C=O) groups is 2. The molecule has 0 fully saturated rings. The Hall–Kier alpha value is -3.15. The fourth-order valence-corrected chi connectivity index (χ4v) is 3.27. The molecule has 0 aromatic heterocycles. The molecule has 0 saturated carbocycles. The number of rotatable bonds is 2. The van der Waals surface area contributed by atoms with Gasteiger partial charge in [-0.25, -0.2) is 0 Å². The SMILES string of the molecule is CC(=O)Nc1ccccc1C1=CC=CC2C1=CC(=O)C1=NNCN12. The second kappa shape index (κ2) is 5.49. The number of anilines is 1. The molecule has 24 heavy (non-hydrogen) atoms. The van der Waals surface area contributed by atoms with E-state index >= 15 is 0 Å².